The summed E-state index contributed by atoms with van der Waals surface area (Å²) in [6.07, 6.45) is 0.851. The molecule has 1 saturated heterocycles. The third kappa shape index (κ3) is 4.34. The van der Waals surface area contributed by atoms with Gasteiger partial charge in [-0.2, -0.15) is 0 Å². The van der Waals surface area contributed by atoms with Crippen molar-refractivity contribution in [3.63, 3.8) is 0 Å². The van der Waals surface area contributed by atoms with Crippen molar-refractivity contribution in [2.24, 2.45) is 5.73 Å². The van der Waals surface area contributed by atoms with Crippen molar-refractivity contribution < 1.29 is 9.53 Å². The van der Waals surface area contributed by atoms with Crippen LogP contribution >= 0.6 is 0 Å². The summed E-state index contributed by atoms with van der Waals surface area (Å²) in [7, 11) is 0. The van der Waals surface area contributed by atoms with Crippen LogP contribution in [0.25, 0.3) is 11.1 Å². The Morgan fingerprint density at radius 2 is 1.96 bits per heavy atom. The SMILES string of the molecule is NCC(=O)N[C@H]1CN[C@H](COc2cccc(-c3ccccc3)c2)C1. The number of amides is 1. The highest BCUT2D eigenvalue weighted by Crippen LogP contribution is 2.24. The predicted octanol–water partition coefficient (Wildman–Crippen LogP) is 1.54. The second kappa shape index (κ2) is 7.95. The number of hydrogen-bond donors (Lipinski definition) is 3. The zero-order valence-corrected chi connectivity index (χ0v) is 13.6. The summed E-state index contributed by atoms with van der Waals surface area (Å²) in [4.78, 5) is 11.3. The van der Waals surface area contributed by atoms with Crippen LogP contribution in [-0.2, 0) is 4.79 Å². The molecule has 0 bridgehead atoms. The third-order valence-corrected chi connectivity index (χ3v) is 4.16. The highest BCUT2D eigenvalue weighted by molar-refractivity contribution is 5.78. The molecule has 2 aromatic rings. The van der Waals surface area contributed by atoms with Crippen LogP contribution in [0.15, 0.2) is 54.6 Å². The lowest BCUT2D eigenvalue weighted by Gasteiger charge is -2.14. The average Bonchev–Trinajstić information content (AvgIpc) is 3.08. The molecular formula is C19H23N3O2. The van der Waals surface area contributed by atoms with E-state index in [-0.39, 0.29) is 24.5 Å². The van der Waals surface area contributed by atoms with Gasteiger partial charge in [0.05, 0.1) is 6.54 Å². The van der Waals surface area contributed by atoms with Gasteiger partial charge in [0.15, 0.2) is 0 Å². The van der Waals surface area contributed by atoms with Crippen LogP contribution in [0.4, 0.5) is 0 Å². The number of carbonyl (C=O) groups excluding carboxylic acids is 1. The summed E-state index contributed by atoms with van der Waals surface area (Å²) >= 11 is 0. The average molecular weight is 325 g/mol. The van der Waals surface area contributed by atoms with Crippen molar-refractivity contribution in [3.05, 3.63) is 54.6 Å². The maximum atomic E-state index is 11.3. The fraction of sp³-hybridized carbons (Fsp3) is 0.316. The van der Waals surface area contributed by atoms with Crippen molar-refractivity contribution in [1.82, 2.24) is 10.6 Å². The lowest BCUT2D eigenvalue weighted by molar-refractivity contribution is -0.120. The van der Waals surface area contributed by atoms with Gasteiger partial charge in [-0.3, -0.25) is 4.79 Å². The van der Waals surface area contributed by atoms with Crippen molar-refractivity contribution >= 4 is 5.91 Å². The maximum absolute atomic E-state index is 11.3. The summed E-state index contributed by atoms with van der Waals surface area (Å²) < 4.78 is 5.93. The molecule has 0 radical (unpaired) electrons. The van der Waals surface area contributed by atoms with Crippen LogP contribution in [0, 0.1) is 0 Å². The largest absolute Gasteiger partial charge is 0.492 e. The Morgan fingerprint density at radius 3 is 2.75 bits per heavy atom. The Labute approximate surface area is 142 Å². The molecule has 24 heavy (non-hydrogen) atoms. The zero-order valence-electron chi connectivity index (χ0n) is 13.6. The molecule has 1 aliphatic heterocycles. The summed E-state index contributed by atoms with van der Waals surface area (Å²) in [5.74, 6) is 0.742. The molecule has 5 nitrogen and oxygen atoms in total. The molecule has 3 rings (SSSR count). The van der Waals surface area contributed by atoms with Crippen molar-refractivity contribution in [2.75, 3.05) is 19.7 Å². The van der Waals surface area contributed by atoms with Gasteiger partial charge in [-0.05, 0) is 29.7 Å². The van der Waals surface area contributed by atoms with Crippen molar-refractivity contribution in [2.45, 2.75) is 18.5 Å². The molecule has 2 atom stereocenters. The first kappa shape index (κ1) is 16.5. The molecular weight excluding hydrogens is 302 g/mol. The fourth-order valence-electron chi connectivity index (χ4n) is 2.94. The summed E-state index contributed by atoms with van der Waals surface area (Å²) in [6, 6.07) is 18.7. The topological polar surface area (TPSA) is 76.4 Å². The number of rotatable bonds is 6. The Balaban J connectivity index is 1.53. The number of nitrogens with one attached hydrogen (secondary N) is 2. The normalized spacial score (nSPS) is 19.9. The first-order chi connectivity index (χ1) is 11.7. The molecule has 0 aromatic heterocycles. The van der Waals surface area contributed by atoms with Gasteiger partial charge in [0.1, 0.15) is 12.4 Å². The molecule has 0 saturated carbocycles. The van der Waals surface area contributed by atoms with E-state index in [1.54, 1.807) is 0 Å². The molecule has 1 amide bonds. The highest BCUT2D eigenvalue weighted by Gasteiger charge is 2.25. The Hall–Kier alpha value is -2.37. The predicted molar refractivity (Wildman–Crippen MR) is 94.8 cm³/mol. The van der Waals surface area contributed by atoms with E-state index >= 15 is 0 Å². The minimum atomic E-state index is -0.112. The van der Waals surface area contributed by atoms with E-state index in [4.69, 9.17) is 10.5 Å². The fourth-order valence-corrected chi connectivity index (χ4v) is 2.94. The van der Waals surface area contributed by atoms with Gasteiger partial charge in [-0.15, -0.1) is 0 Å². The van der Waals surface area contributed by atoms with Crippen molar-refractivity contribution in [3.8, 4) is 16.9 Å². The Morgan fingerprint density at radius 1 is 1.17 bits per heavy atom. The number of ether oxygens (including phenoxy) is 1. The lowest BCUT2D eigenvalue weighted by atomic mass is 10.1. The smallest absolute Gasteiger partial charge is 0.233 e. The molecule has 1 aliphatic rings. The molecule has 2 aromatic carbocycles. The van der Waals surface area contributed by atoms with Gasteiger partial charge in [-0.1, -0.05) is 42.5 Å². The van der Waals surface area contributed by atoms with E-state index in [9.17, 15) is 4.79 Å². The lowest BCUT2D eigenvalue weighted by Crippen LogP contribution is -2.39. The van der Waals surface area contributed by atoms with Gasteiger partial charge in [0, 0.05) is 18.6 Å². The van der Waals surface area contributed by atoms with Crippen LogP contribution in [0.1, 0.15) is 6.42 Å². The van der Waals surface area contributed by atoms with E-state index in [1.165, 1.54) is 5.56 Å². The number of carbonyl (C=O) groups is 1. The molecule has 5 heteroatoms. The number of benzene rings is 2. The summed E-state index contributed by atoms with van der Waals surface area (Å²) in [5.41, 5.74) is 7.64. The van der Waals surface area contributed by atoms with Gasteiger partial charge in [-0.25, -0.2) is 0 Å². The number of nitrogens with two attached hydrogens (primary N) is 1. The first-order valence-electron chi connectivity index (χ1n) is 8.25. The molecule has 0 aliphatic carbocycles. The summed E-state index contributed by atoms with van der Waals surface area (Å²) in [5, 5.41) is 6.28. The standard InChI is InChI=1S/C19H23N3O2/c20-11-19(23)22-16-10-17(21-12-16)13-24-18-8-4-7-15(9-18)14-5-2-1-3-6-14/h1-9,16-17,21H,10-13,20H2,(H,22,23)/t16-,17+/m1/s1. The van der Waals surface area contributed by atoms with E-state index in [1.807, 2.05) is 30.3 Å². The van der Waals surface area contributed by atoms with Gasteiger partial charge in [0.25, 0.3) is 0 Å². The Bertz CT molecular complexity index is 675. The van der Waals surface area contributed by atoms with E-state index < -0.39 is 0 Å². The van der Waals surface area contributed by atoms with Crippen LogP contribution in [0.2, 0.25) is 0 Å². The minimum Gasteiger partial charge on any atom is -0.492 e. The second-order valence-electron chi connectivity index (χ2n) is 6.01. The zero-order chi connectivity index (χ0) is 16.8. The molecule has 0 unspecified atom stereocenters. The highest BCUT2D eigenvalue weighted by atomic mass is 16.5. The molecule has 4 N–H and O–H groups in total. The van der Waals surface area contributed by atoms with Crippen molar-refractivity contribution in [1.29, 1.82) is 0 Å². The quantitative estimate of drug-likeness (QED) is 0.753. The molecule has 1 heterocycles. The van der Waals surface area contributed by atoms with Crippen LogP contribution < -0.4 is 21.1 Å². The molecule has 126 valence electrons. The monoisotopic (exact) mass is 325 g/mol. The minimum absolute atomic E-state index is 0.0317. The maximum Gasteiger partial charge on any atom is 0.233 e. The molecule has 1 fully saturated rings. The number of hydrogen-bond acceptors (Lipinski definition) is 4. The van der Waals surface area contributed by atoms with Gasteiger partial charge < -0.3 is 21.1 Å². The second-order valence-corrected chi connectivity index (χ2v) is 6.01. The van der Waals surface area contributed by atoms with E-state index in [2.05, 4.69) is 34.9 Å². The Kier molecular flexibility index (Phi) is 5.46. The summed E-state index contributed by atoms with van der Waals surface area (Å²) in [6.45, 7) is 1.36. The molecule has 0 spiro atoms. The van der Waals surface area contributed by atoms with Crippen LogP contribution in [0.5, 0.6) is 5.75 Å². The van der Waals surface area contributed by atoms with Gasteiger partial charge >= 0.3 is 0 Å². The van der Waals surface area contributed by atoms with Gasteiger partial charge in [0.2, 0.25) is 5.91 Å². The van der Waals surface area contributed by atoms with Crippen LogP contribution in [-0.4, -0.2) is 37.7 Å². The van der Waals surface area contributed by atoms with E-state index in [0.717, 1.165) is 24.3 Å². The van der Waals surface area contributed by atoms with E-state index in [0.29, 0.717) is 6.61 Å². The van der Waals surface area contributed by atoms with Crippen LogP contribution in [0.3, 0.4) is 0 Å². The third-order valence-electron chi connectivity index (χ3n) is 4.16. The first-order valence-corrected chi connectivity index (χ1v) is 8.25.